The third kappa shape index (κ3) is 3.82. The van der Waals surface area contributed by atoms with E-state index in [-0.39, 0.29) is 5.91 Å². The molecule has 0 aliphatic carbocycles. The number of hydrogen-bond acceptors (Lipinski definition) is 3. The Balaban J connectivity index is 1.64. The van der Waals surface area contributed by atoms with Gasteiger partial charge in [0.2, 0.25) is 0 Å². The molecule has 0 bridgehead atoms. The van der Waals surface area contributed by atoms with E-state index >= 15 is 0 Å². The Morgan fingerprint density at radius 2 is 1.53 bits per heavy atom. The van der Waals surface area contributed by atoms with E-state index in [0.29, 0.717) is 11.4 Å². The van der Waals surface area contributed by atoms with E-state index in [0.717, 1.165) is 33.6 Å². The number of nitrogens with zero attached hydrogens (tertiary/aromatic N) is 2. The van der Waals surface area contributed by atoms with Gasteiger partial charge in [-0.05, 0) is 76.5 Å². The molecule has 0 saturated carbocycles. The summed E-state index contributed by atoms with van der Waals surface area (Å²) in [5.41, 5.74) is 3.14. The second-order valence-corrected chi connectivity index (χ2v) is 9.04. The summed E-state index contributed by atoms with van der Waals surface area (Å²) in [7, 11) is 0. The summed E-state index contributed by atoms with van der Waals surface area (Å²) in [5.74, 6) is 0.0275. The summed E-state index contributed by atoms with van der Waals surface area (Å²) in [6.07, 6.45) is 2.93. The minimum Gasteiger partial charge on any atom is -0.286 e. The van der Waals surface area contributed by atoms with E-state index in [9.17, 15) is 4.79 Å². The predicted octanol–water partition coefficient (Wildman–Crippen LogP) is 7.32. The second-order valence-electron chi connectivity index (χ2n) is 8.03. The molecule has 4 heteroatoms. The molecule has 1 heterocycles. The first-order chi connectivity index (χ1) is 15.6. The maximum absolute atomic E-state index is 13.4. The summed E-state index contributed by atoms with van der Waals surface area (Å²) in [5, 5.41) is 5.40. The Kier molecular flexibility index (Phi) is 5.54. The number of benzene rings is 4. The van der Waals surface area contributed by atoms with Gasteiger partial charge < -0.3 is 0 Å². The van der Waals surface area contributed by atoms with Crippen molar-refractivity contribution in [2.75, 3.05) is 6.54 Å². The van der Waals surface area contributed by atoms with Crippen LogP contribution < -0.4 is 0 Å². The Morgan fingerprint density at radius 1 is 0.906 bits per heavy atom. The smallest absolute Gasteiger partial charge is 0.266 e. The molecule has 1 amide bonds. The SMILES string of the molecule is CCCN1C(=O)/C(=C\c2c3ccccc3cc3ccccc23)SC1=Nc1ccc(C)cc1. The van der Waals surface area contributed by atoms with Gasteiger partial charge in [0.1, 0.15) is 0 Å². The fourth-order valence-corrected chi connectivity index (χ4v) is 5.08. The molecule has 0 N–H and O–H groups in total. The highest BCUT2D eigenvalue weighted by Gasteiger charge is 2.33. The molecule has 1 aliphatic rings. The number of amidine groups is 1. The van der Waals surface area contributed by atoms with E-state index in [2.05, 4.69) is 74.5 Å². The average Bonchev–Trinajstić information content (AvgIpc) is 3.09. The first-order valence-electron chi connectivity index (χ1n) is 10.9. The molecule has 1 saturated heterocycles. The molecule has 1 fully saturated rings. The van der Waals surface area contributed by atoms with Crippen LogP contribution in [0.25, 0.3) is 27.6 Å². The lowest BCUT2D eigenvalue weighted by atomic mass is 9.96. The van der Waals surface area contributed by atoms with Crippen molar-refractivity contribution in [2.45, 2.75) is 20.3 Å². The number of hydrogen-bond donors (Lipinski definition) is 0. The van der Waals surface area contributed by atoms with Crippen LogP contribution >= 0.6 is 11.8 Å². The molecule has 4 aromatic rings. The van der Waals surface area contributed by atoms with Crippen LogP contribution in [0.3, 0.4) is 0 Å². The lowest BCUT2D eigenvalue weighted by Gasteiger charge is -2.14. The third-order valence-corrected chi connectivity index (χ3v) is 6.69. The fraction of sp³-hybridized carbons (Fsp3) is 0.143. The third-order valence-electron chi connectivity index (χ3n) is 5.68. The standard InChI is InChI=1S/C28H24N2OS/c1-3-16-30-27(31)26(32-28(30)29-22-14-12-19(2)13-15-22)18-25-23-10-6-4-8-20(23)17-21-9-5-7-11-24(21)25/h4-15,17-18H,3,16H2,1-2H3/b26-18+,29-28?. The van der Waals surface area contributed by atoms with Gasteiger partial charge in [0, 0.05) is 6.54 Å². The molecular formula is C28H24N2OS. The Morgan fingerprint density at radius 3 is 2.16 bits per heavy atom. The number of fused-ring (bicyclic) bond motifs is 2. The van der Waals surface area contributed by atoms with E-state index in [1.807, 2.05) is 29.2 Å². The Hall–Kier alpha value is -3.37. The van der Waals surface area contributed by atoms with E-state index < -0.39 is 0 Å². The minimum atomic E-state index is 0.0275. The van der Waals surface area contributed by atoms with Crippen LogP contribution in [0.15, 0.2) is 88.8 Å². The molecule has 0 aromatic heterocycles. The molecular weight excluding hydrogens is 412 g/mol. The van der Waals surface area contributed by atoms with Gasteiger partial charge in [-0.2, -0.15) is 0 Å². The highest BCUT2D eigenvalue weighted by molar-refractivity contribution is 8.18. The van der Waals surface area contributed by atoms with Gasteiger partial charge in [-0.15, -0.1) is 0 Å². The zero-order valence-electron chi connectivity index (χ0n) is 18.2. The van der Waals surface area contributed by atoms with Crippen molar-refractivity contribution in [1.82, 2.24) is 4.90 Å². The molecule has 3 nitrogen and oxygen atoms in total. The van der Waals surface area contributed by atoms with Crippen LogP contribution in [0.5, 0.6) is 0 Å². The Bertz CT molecular complexity index is 1330. The monoisotopic (exact) mass is 436 g/mol. The van der Waals surface area contributed by atoms with Crippen molar-refractivity contribution in [3.05, 3.63) is 94.9 Å². The summed E-state index contributed by atoms with van der Waals surface area (Å²) in [6, 6.07) is 27.0. The minimum absolute atomic E-state index is 0.0275. The molecule has 32 heavy (non-hydrogen) atoms. The summed E-state index contributed by atoms with van der Waals surface area (Å²) >= 11 is 1.47. The molecule has 0 spiro atoms. The number of amides is 1. The number of rotatable bonds is 4. The summed E-state index contributed by atoms with van der Waals surface area (Å²) in [6.45, 7) is 4.80. The highest BCUT2D eigenvalue weighted by atomic mass is 32.2. The fourth-order valence-electron chi connectivity index (χ4n) is 4.08. The van der Waals surface area contributed by atoms with Gasteiger partial charge >= 0.3 is 0 Å². The Labute approximate surface area is 192 Å². The molecule has 4 aromatic carbocycles. The molecule has 158 valence electrons. The van der Waals surface area contributed by atoms with Crippen molar-refractivity contribution in [2.24, 2.45) is 4.99 Å². The molecule has 5 rings (SSSR count). The number of aryl methyl sites for hydroxylation is 1. The lowest BCUT2D eigenvalue weighted by Crippen LogP contribution is -2.29. The highest BCUT2D eigenvalue weighted by Crippen LogP contribution is 2.37. The number of carbonyl (C=O) groups excluding carboxylic acids is 1. The van der Waals surface area contributed by atoms with E-state index in [1.165, 1.54) is 28.1 Å². The largest absolute Gasteiger partial charge is 0.286 e. The van der Waals surface area contributed by atoms with Crippen molar-refractivity contribution in [3.8, 4) is 0 Å². The van der Waals surface area contributed by atoms with Gasteiger partial charge in [-0.25, -0.2) is 4.99 Å². The van der Waals surface area contributed by atoms with Gasteiger partial charge in [-0.1, -0.05) is 73.2 Å². The van der Waals surface area contributed by atoms with Crippen LogP contribution in [0.1, 0.15) is 24.5 Å². The van der Waals surface area contributed by atoms with Gasteiger partial charge in [0.15, 0.2) is 5.17 Å². The summed E-state index contributed by atoms with van der Waals surface area (Å²) in [4.78, 5) is 20.7. The first-order valence-corrected chi connectivity index (χ1v) is 11.7. The zero-order chi connectivity index (χ0) is 22.1. The second kappa shape index (κ2) is 8.64. The topological polar surface area (TPSA) is 32.7 Å². The number of carbonyl (C=O) groups is 1. The number of thioether (sulfide) groups is 1. The normalized spacial score (nSPS) is 16.7. The molecule has 1 aliphatic heterocycles. The quantitative estimate of drug-likeness (QED) is 0.248. The van der Waals surface area contributed by atoms with Gasteiger partial charge in [-0.3, -0.25) is 9.69 Å². The maximum Gasteiger partial charge on any atom is 0.266 e. The maximum atomic E-state index is 13.4. The first kappa shape index (κ1) is 20.5. The van der Waals surface area contributed by atoms with Gasteiger partial charge in [0.05, 0.1) is 10.6 Å². The lowest BCUT2D eigenvalue weighted by molar-refractivity contribution is -0.122. The van der Waals surface area contributed by atoms with Crippen LogP contribution in [0.2, 0.25) is 0 Å². The van der Waals surface area contributed by atoms with E-state index in [4.69, 9.17) is 4.99 Å². The zero-order valence-corrected chi connectivity index (χ0v) is 19.0. The van der Waals surface area contributed by atoms with Crippen molar-refractivity contribution < 1.29 is 4.79 Å². The molecule has 0 atom stereocenters. The van der Waals surface area contributed by atoms with E-state index in [1.54, 1.807) is 0 Å². The van der Waals surface area contributed by atoms with Crippen molar-refractivity contribution in [3.63, 3.8) is 0 Å². The predicted molar refractivity (Wildman–Crippen MR) is 137 cm³/mol. The van der Waals surface area contributed by atoms with Crippen molar-refractivity contribution in [1.29, 1.82) is 0 Å². The molecule has 0 radical (unpaired) electrons. The average molecular weight is 437 g/mol. The molecule has 0 unspecified atom stereocenters. The van der Waals surface area contributed by atoms with Crippen LogP contribution in [0, 0.1) is 6.92 Å². The van der Waals surface area contributed by atoms with Gasteiger partial charge in [0.25, 0.3) is 5.91 Å². The van der Waals surface area contributed by atoms with Crippen LogP contribution in [-0.2, 0) is 4.79 Å². The summed E-state index contributed by atoms with van der Waals surface area (Å²) < 4.78 is 0. The van der Waals surface area contributed by atoms with Crippen molar-refractivity contribution >= 4 is 56.1 Å². The van der Waals surface area contributed by atoms with Crippen LogP contribution in [-0.4, -0.2) is 22.5 Å². The van der Waals surface area contributed by atoms with Crippen LogP contribution in [0.4, 0.5) is 5.69 Å². The number of aliphatic imine (C=N–C) groups is 1.